The van der Waals surface area contributed by atoms with E-state index in [1.54, 1.807) is 19.2 Å². The van der Waals surface area contributed by atoms with Gasteiger partial charge < -0.3 is 19.5 Å². The molecule has 0 radical (unpaired) electrons. The minimum Gasteiger partial charge on any atom is -0.490 e. The number of hydrogen-bond acceptors (Lipinski definition) is 6. The highest BCUT2D eigenvalue weighted by Gasteiger charge is 2.21. The van der Waals surface area contributed by atoms with E-state index in [4.69, 9.17) is 38.0 Å². The van der Waals surface area contributed by atoms with Crippen molar-refractivity contribution in [2.75, 3.05) is 45.4 Å². The lowest BCUT2D eigenvalue weighted by atomic mass is 9.98. The number of hydrogen-bond donors (Lipinski definition) is 1. The highest BCUT2D eigenvalue weighted by atomic mass is 35.5. The Kier molecular flexibility index (Phi) is 7.55. The summed E-state index contributed by atoms with van der Waals surface area (Å²) in [6, 6.07) is 13.2. The highest BCUT2D eigenvalue weighted by molar-refractivity contribution is 7.80. The molecule has 1 aliphatic heterocycles. The van der Waals surface area contributed by atoms with Gasteiger partial charge in [0.25, 0.3) is 0 Å². The Balaban J connectivity index is 1.90. The van der Waals surface area contributed by atoms with Crippen LogP contribution in [-0.2, 0) is 9.47 Å². The van der Waals surface area contributed by atoms with Crippen LogP contribution in [0.3, 0.4) is 0 Å². The molecular weight excluding hydrogens is 410 g/mol. The molecule has 0 spiro atoms. The standard InChI is InChI=1S/C21H20ClN3O3S/c1-26-6-7-27-8-9-28-19-11-18-16(10-14(19)12-23)21(24-13-20(29)25-18)15-4-2-3-5-17(15)22/h2-5,10-11H,6-9,13H2,1H3,(H,25,29). The quantitative estimate of drug-likeness (QED) is 0.507. The zero-order valence-electron chi connectivity index (χ0n) is 15.9. The van der Waals surface area contributed by atoms with Crippen molar-refractivity contribution in [1.29, 1.82) is 5.26 Å². The molecule has 29 heavy (non-hydrogen) atoms. The summed E-state index contributed by atoms with van der Waals surface area (Å²) < 4.78 is 16.1. The summed E-state index contributed by atoms with van der Waals surface area (Å²) in [5.74, 6) is 0.456. The summed E-state index contributed by atoms with van der Waals surface area (Å²) in [6.07, 6.45) is 0. The molecule has 0 unspecified atom stereocenters. The maximum atomic E-state index is 9.64. The normalized spacial score (nSPS) is 13.0. The maximum Gasteiger partial charge on any atom is 0.139 e. The molecule has 150 valence electrons. The van der Waals surface area contributed by atoms with Gasteiger partial charge in [-0.2, -0.15) is 5.26 Å². The van der Waals surface area contributed by atoms with Crippen molar-refractivity contribution < 1.29 is 14.2 Å². The summed E-state index contributed by atoms with van der Waals surface area (Å²) in [5.41, 5.74) is 3.34. The fourth-order valence-electron chi connectivity index (χ4n) is 2.85. The number of nitrogens with one attached hydrogen (secondary N) is 1. The molecule has 0 bridgehead atoms. The average molecular weight is 430 g/mol. The Morgan fingerprint density at radius 1 is 1.17 bits per heavy atom. The SMILES string of the molecule is COCCOCCOc1cc2c(cc1C#N)C(c1ccccc1Cl)=NCC(=S)N2. The lowest BCUT2D eigenvalue weighted by molar-refractivity contribution is 0.0544. The molecule has 0 fully saturated rings. The fraction of sp³-hybridized carbons (Fsp3) is 0.286. The minimum absolute atomic E-state index is 0.313. The van der Waals surface area contributed by atoms with E-state index in [-0.39, 0.29) is 0 Å². The molecule has 0 atom stereocenters. The summed E-state index contributed by atoms with van der Waals surface area (Å²) in [7, 11) is 1.62. The monoisotopic (exact) mass is 429 g/mol. The predicted molar refractivity (Wildman–Crippen MR) is 118 cm³/mol. The Labute approximate surface area is 180 Å². The number of benzene rings is 2. The molecule has 2 aromatic rings. The van der Waals surface area contributed by atoms with E-state index in [9.17, 15) is 5.26 Å². The van der Waals surface area contributed by atoms with Crippen LogP contribution >= 0.6 is 23.8 Å². The summed E-state index contributed by atoms with van der Waals surface area (Å²) in [6.45, 7) is 2.04. The number of rotatable bonds is 8. The third kappa shape index (κ3) is 5.31. The molecule has 6 nitrogen and oxygen atoms in total. The lowest BCUT2D eigenvalue weighted by Gasteiger charge is -2.15. The first-order chi connectivity index (χ1) is 14.1. The molecule has 1 aliphatic rings. The third-order valence-corrected chi connectivity index (χ3v) is 4.76. The molecule has 0 saturated carbocycles. The van der Waals surface area contributed by atoms with Crippen LogP contribution in [0.1, 0.15) is 16.7 Å². The van der Waals surface area contributed by atoms with Crippen molar-refractivity contribution >= 4 is 40.2 Å². The second-order valence-corrected chi connectivity index (χ2v) is 7.05. The van der Waals surface area contributed by atoms with Gasteiger partial charge in [0.2, 0.25) is 0 Å². The summed E-state index contributed by atoms with van der Waals surface area (Å²) in [4.78, 5) is 5.21. The van der Waals surface area contributed by atoms with Crippen LogP contribution in [0.4, 0.5) is 5.69 Å². The first-order valence-corrected chi connectivity index (χ1v) is 9.80. The molecule has 1 heterocycles. The number of thiocarbonyl (C=S) groups is 1. The highest BCUT2D eigenvalue weighted by Crippen LogP contribution is 2.32. The minimum atomic E-state index is 0.313. The van der Waals surface area contributed by atoms with Gasteiger partial charge in [0, 0.05) is 29.3 Å². The first kappa shape index (κ1) is 21.2. The van der Waals surface area contributed by atoms with E-state index < -0.39 is 0 Å². The summed E-state index contributed by atoms with van der Waals surface area (Å²) in [5, 5.41) is 13.4. The van der Waals surface area contributed by atoms with Crippen LogP contribution in [-0.4, -0.2) is 50.8 Å². The first-order valence-electron chi connectivity index (χ1n) is 9.01. The van der Waals surface area contributed by atoms with Gasteiger partial charge in [-0.05, 0) is 12.1 Å². The number of benzodiazepines with no additional fused rings is 1. The largest absolute Gasteiger partial charge is 0.490 e. The van der Waals surface area contributed by atoms with Crippen molar-refractivity contribution in [3.05, 3.63) is 58.1 Å². The fourth-order valence-corrected chi connectivity index (χ4v) is 3.25. The molecule has 2 aromatic carbocycles. The van der Waals surface area contributed by atoms with E-state index in [2.05, 4.69) is 16.4 Å². The Bertz CT molecular complexity index is 972. The number of fused-ring (bicyclic) bond motifs is 1. The number of nitrogens with zero attached hydrogens (tertiary/aromatic N) is 2. The number of halogens is 1. The van der Waals surface area contributed by atoms with Gasteiger partial charge in [0.1, 0.15) is 23.4 Å². The molecule has 1 N–H and O–H groups in total. The third-order valence-electron chi connectivity index (χ3n) is 4.20. The van der Waals surface area contributed by atoms with Gasteiger partial charge in [0.15, 0.2) is 0 Å². The van der Waals surface area contributed by atoms with E-state index in [0.29, 0.717) is 60.0 Å². The van der Waals surface area contributed by atoms with Gasteiger partial charge in [-0.25, -0.2) is 0 Å². The maximum absolute atomic E-state index is 9.64. The van der Waals surface area contributed by atoms with Crippen molar-refractivity contribution in [3.63, 3.8) is 0 Å². The number of aliphatic imine (C=N–C) groups is 1. The average Bonchev–Trinajstić information content (AvgIpc) is 2.88. The van der Waals surface area contributed by atoms with Crippen LogP contribution in [0.15, 0.2) is 41.4 Å². The number of nitriles is 1. The topological polar surface area (TPSA) is 75.9 Å². The second-order valence-electron chi connectivity index (χ2n) is 6.15. The molecule has 3 rings (SSSR count). The molecule has 0 aliphatic carbocycles. The van der Waals surface area contributed by atoms with Crippen LogP contribution in [0.25, 0.3) is 0 Å². The number of methoxy groups -OCH3 is 1. The second kappa shape index (κ2) is 10.3. The molecule has 0 amide bonds. The lowest BCUT2D eigenvalue weighted by Crippen LogP contribution is -2.13. The Hall–Kier alpha value is -2.50. The smallest absolute Gasteiger partial charge is 0.139 e. The van der Waals surface area contributed by atoms with Gasteiger partial charge in [-0.15, -0.1) is 0 Å². The van der Waals surface area contributed by atoms with Crippen molar-refractivity contribution in [3.8, 4) is 11.8 Å². The van der Waals surface area contributed by atoms with Crippen LogP contribution in [0, 0.1) is 11.3 Å². The van der Waals surface area contributed by atoms with E-state index >= 15 is 0 Å². The van der Waals surface area contributed by atoms with Gasteiger partial charge in [0.05, 0.1) is 43.3 Å². The van der Waals surface area contributed by atoms with E-state index in [0.717, 1.165) is 16.8 Å². The van der Waals surface area contributed by atoms with Gasteiger partial charge in [-0.3, -0.25) is 4.99 Å². The Morgan fingerprint density at radius 3 is 2.72 bits per heavy atom. The van der Waals surface area contributed by atoms with Gasteiger partial charge in [-0.1, -0.05) is 42.0 Å². The molecule has 0 aromatic heterocycles. The molecule has 8 heteroatoms. The number of ether oxygens (including phenoxy) is 3. The van der Waals surface area contributed by atoms with E-state index in [1.165, 1.54) is 0 Å². The summed E-state index contributed by atoms with van der Waals surface area (Å²) >= 11 is 11.8. The van der Waals surface area contributed by atoms with Crippen molar-refractivity contribution in [2.24, 2.45) is 4.99 Å². The Morgan fingerprint density at radius 2 is 1.97 bits per heavy atom. The van der Waals surface area contributed by atoms with Crippen molar-refractivity contribution in [1.82, 2.24) is 0 Å². The molecule has 0 saturated heterocycles. The molecular formula is C21H20ClN3O3S. The van der Waals surface area contributed by atoms with Gasteiger partial charge >= 0.3 is 0 Å². The van der Waals surface area contributed by atoms with E-state index in [1.807, 2.05) is 24.3 Å². The number of anilines is 1. The van der Waals surface area contributed by atoms with Crippen LogP contribution < -0.4 is 10.1 Å². The zero-order chi connectivity index (χ0) is 20.6. The van der Waals surface area contributed by atoms with Crippen molar-refractivity contribution in [2.45, 2.75) is 0 Å². The van der Waals surface area contributed by atoms with Crippen LogP contribution in [0.2, 0.25) is 5.02 Å². The zero-order valence-corrected chi connectivity index (χ0v) is 17.5. The predicted octanol–water partition coefficient (Wildman–Crippen LogP) is 3.84. The van der Waals surface area contributed by atoms with Crippen LogP contribution in [0.5, 0.6) is 5.75 Å².